The zero-order valence-electron chi connectivity index (χ0n) is 12.5. The molecule has 2 heterocycles. The van der Waals surface area contributed by atoms with Crippen molar-refractivity contribution in [1.29, 1.82) is 0 Å². The lowest BCUT2D eigenvalue weighted by Crippen LogP contribution is -2.32. The third-order valence-corrected chi connectivity index (χ3v) is 3.36. The van der Waals surface area contributed by atoms with Crippen molar-refractivity contribution in [2.24, 2.45) is 5.41 Å². The molecule has 2 aromatic rings. The largest absolute Gasteiger partial charge is 0.481 e. The smallest absolute Gasteiger partial charge is 0.309 e. The summed E-state index contributed by atoms with van der Waals surface area (Å²) >= 11 is 0. The highest BCUT2D eigenvalue weighted by Crippen LogP contribution is 2.19. The van der Waals surface area contributed by atoms with Crippen molar-refractivity contribution < 1.29 is 14.7 Å². The van der Waals surface area contributed by atoms with Crippen LogP contribution >= 0.6 is 0 Å². The summed E-state index contributed by atoms with van der Waals surface area (Å²) in [6.45, 7) is 3.52. The summed E-state index contributed by atoms with van der Waals surface area (Å²) < 4.78 is 1.63. The number of hydrogen-bond donors (Lipinski definition) is 2. The Kier molecular flexibility index (Phi) is 4.55. The zero-order valence-corrected chi connectivity index (χ0v) is 12.5. The number of carboxylic acids is 1. The number of amides is 1. The van der Waals surface area contributed by atoms with E-state index in [1.54, 1.807) is 49.1 Å². The van der Waals surface area contributed by atoms with Crippen LogP contribution in [-0.4, -0.2) is 38.3 Å². The molecule has 0 spiro atoms. The average molecular weight is 302 g/mol. The molecule has 0 aliphatic heterocycles. The van der Waals surface area contributed by atoms with Gasteiger partial charge < -0.3 is 10.4 Å². The molecule has 0 fully saturated rings. The van der Waals surface area contributed by atoms with Crippen LogP contribution in [0.3, 0.4) is 0 Å². The van der Waals surface area contributed by atoms with Crippen LogP contribution in [0.15, 0.2) is 36.8 Å². The number of carbonyl (C=O) groups excluding carboxylic acids is 1. The van der Waals surface area contributed by atoms with Gasteiger partial charge in [-0.25, -0.2) is 4.68 Å². The van der Waals surface area contributed by atoms with Crippen molar-refractivity contribution in [2.45, 2.75) is 20.3 Å². The Labute approximate surface area is 128 Å². The summed E-state index contributed by atoms with van der Waals surface area (Å²) in [5, 5.41) is 15.8. The summed E-state index contributed by atoms with van der Waals surface area (Å²) in [4.78, 5) is 27.1. The lowest BCUT2D eigenvalue weighted by molar-refractivity contribution is -0.147. The maximum atomic E-state index is 12.1. The average Bonchev–Trinajstić information content (AvgIpc) is 3.01. The molecule has 0 aliphatic rings. The maximum absolute atomic E-state index is 12.1. The molecule has 7 nitrogen and oxygen atoms in total. The minimum absolute atomic E-state index is 0.265. The first-order valence-electron chi connectivity index (χ1n) is 6.88. The maximum Gasteiger partial charge on any atom is 0.309 e. The van der Waals surface area contributed by atoms with Gasteiger partial charge >= 0.3 is 5.97 Å². The Morgan fingerprint density at radius 2 is 2.14 bits per heavy atom. The highest BCUT2D eigenvalue weighted by atomic mass is 16.4. The van der Waals surface area contributed by atoms with Gasteiger partial charge in [-0.3, -0.25) is 14.6 Å². The van der Waals surface area contributed by atoms with Crippen molar-refractivity contribution >= 4 is 11.9 Å². The molecule has 0 unspecified atom stereocenters. The molecule has 0 aliphatic carbocycles. The van der Waals surface area contributed by atoms with Gasteiger partial charge in [0.25, 0.3) is 5.91 Å². The van der Waals surface area contributed by atoms with Crippen LogP contribution in [0.4, 0.5) is 0 Å². The second kappa shape index (κ2) is 6.38. The SMILES string of the molecule is CC(C)(CCNC(=O)c1cc(-n2cccn2)ccn1)C(=O)O. The summed E-state index contributed by atoms with van der Waals surface area (Å²) in [6, 6.07) is 5.16. The van der Waals surface area contributed by atoms with E-state index in [-0.39, 0.29) is 18.1 Å². The van der Waals surface area contributed by atoms with Crippen LogP contribution in [0.25, 0.3) is 5.69 Å². The third-order valence-electron chi connectivity index (χ3n) is 3.36. The Bertz CT molecular complexity index is 665. The van der Waals surface area contributed by atoms with Gasteiger partial charge in [-0.1, -0.05) is 0 Å². The van der Waals surface area contributed by atoms with E-state index in [2.05, 4.69) is 15.4 Å². The summed E-state index contributed by atoms with van der Waals surface area (Å²) in [5.41, 5.74) is 0.120. The monoisotopic (exact) mass is 302 g/mol. The summed E-state index contributed by atoms with van der Waals surface area (Å²) in [6.07, 6.45) is 5.29. The molecule has 2 rings (SSSR count). The van der Waals surface area contributed by atoms with Crippen LogP contribution in [-0.2, 0) is 4.79 Å². The predicted molar refractivity (Wildman–Crippen MR) is 79.7 cm³/mol. The number of carbonyl (C=O) groups is 2. The number of nitrogens with zero attached hydrogens (tertiary/aromatic N) is 3. The molecule has 22 heavy (non-hydrogen) atoms. The van der Waals surface area contributed by atoms with Crippen molar-refractivity contribution in [3.63, 3.8) is 0 Å². The predicted octanol–water partition coefficient (Wildman–Crippen LogP) is 1.50. The van der Waals surface area contributed by atoms with E-state index in [4.69, 9.17) is 5.11 Å². The number of nitrogens with one attached hydrogen (secondary N) is 1. The van der Waals surface area contributed by atoms with Gasteiger partial charge in [0, 0.05) is 25.1 Å². The molecule has 0 saturated carbocycles. The fourth-order valence-electron chi connectivity index (χ4n) is 1.79. The first-order valence-corrected chi connectivity index (χ1v) is 6.88. The van der Waals surface area contributed by atoms with Crippen LogP contribution in [0.2, 0.25) is 0 Å². The first-order chi connectivity index (χ1) is 10.4. The fourth-order valence-corrected chi connectivity index (χ4v) is 1.79. The quantitative estimate of drug-likeness (QED) is 0.842. The highest BCUT2D eigenvalue weighted by Gasteiger charge is 2.26. The Balaban J connectivity index is 1.99. The second-order valence-electron chi connectivity index (χ2n) is 5.54. The number of carboxylic acid groups (broad SMARTS) is 1. The molecule has 0 saturated heterocycles. The lowest BCUT2D eigenvalue weighted by Gasteiger charge is -2.18. The molecule has 0 atom stereocenters. The van der Waals surface area contributed by atoms with Crippen LogP contribution in [0.1, 0.15) is 30.8 Å². The molecule has 0 radical (unpaired) electrons. The summed E-state index contributed by atoms with van der Waals surface area (Å²) in [7, 11) is 0. The number of aliphatic carboxylic acids is 1. The van der Waals surface area contributed by atoms with Crippen molar-refractivity contribution in [3.8, 4) is 5.69 Å². The number of aromatic nitrogens is 3. The Morgan fingerprint density at radius 3 is 2.77 bits per heavy atom. The van der Waals surface area contributed by atoms with E-state index in [1.165, 1.54) is 6.20 Å². The molecular formula is C15H18N4O3. The van der Waals surface area contributed by atoms with Gasteiger partial charge in [0.1, 0.15) is 5.69 Å². The second-order valence-corrected chi connectivity index (χ2v) is 5.54. The van der Waals surface area contributed by atoms with Crippen LogP contribution in [0.5, 0.6) is 0 Å². The molecule has 116 valence electrons. The van der Waals surface area contributed by atoms with E-state index < -0.39 is 11.4 Å². The zero-order chi connectivity index (χ0) is 16.2. The van der Waals surface area contributed by atoms with E-state index in [0.29, 0.717) is 6.42 Å². The van der Waals surface area contributed by atoms with Crippen LogP contribution in [0, 0.1) is 5.41 Å². The van der Waals surface area contributed by atoms with E-state index in [9.17, 15) is 9.59 Å². The van der Waals surface area contributed by atoms with Gasteiger partial charge in [-0.05, 0) is 38.5 Å². The number of rotatable bonds is 6. The fraction of sp³-hybridized carbons (Fsp3) is 0.333. The minimum atomic E-state index is -0.888. The van der Waals surface area contributed by atoms with Crippen LogP contribution < -0.4 is 5.32 Å². The molecule has 1 amide bonds. The molecule has 7 heteroatoms. The topological polar surface area (TPSA) is 97.1 Å². The van der Waals surface area contributed by atoms with E-state index in [0.717, 1.165) is 5.69 Å². The summed E-state index contributed by atoms with van der Waals surface area (Å²) in [5.74, 6) is -1.23. The first kappa shape index (κ1) is 15.7. The standard InChI is InChI=1S/C15H18N4O3/c1-15(2,14(21)22)5-8-17-13(20)12-10-11(4-7-16-12)19-9-3-6-18-19/h3-4,6-7,9-10H,5,8H2,1-2H3,(H,17,20)(H,21,22). The molecule has 2 N–H and O–H groups in total. The third kappa shape index (κ3) is 3.69. The van der Waals surface area contributed by atoms with Gasteiger partial charge in [-0.15, -0.1) is 0 Å². The van der Waals surface area contributed by atoms with Gasteiger partial charge in [0.15, 0.2) is 0 Å². The van der Waals surface area contributed by atoms with Crippen molar-refractivity contribution in [3.05, 3.63) is 42.5 Å². The Morgan fingerprint density at radius 1 is 1.36 bits per heavy atom. The molecule has 0 aromatic carbocycles. The molecular weight excluding hydrogens is 284 g/mol. The normalized spacial score (nSPS) is 11.2. The molecule has 0 bridgehead atoms. The van der Waals surface area contributed by atoms with Gasteiger partial charge in [0.2, 0.25) is 0 Å². The number of hydrogen-bond acceptors (Lipinski definition) is 4. The van der Waals surface area contributed by atoms with E-state index in [1.807, 2.05) is 0 Å². The number of pyridine rings is 1. The minimum Gasteiger partial charge on any atom is -0.481 e. The van der Waals surface area contributed by atoms with Gasteiger partial charge in [0.05, 0.1) is 11.1 Å². The van der Waals surface area contributed by atoms with E-state index >= 15 is 0 Å². The van der Waals surface area contributed by atoms with Gasteiger partial charge in [-0.2, -0.15) is 5.10 Å². The Hall–Kier alpha value is -2.70. The van der Waals surface area contributed by atoms with Crippen molar-refractivity contribution in [2.75, 3.05) is 6.54 Å². The molecule has 2 aromatic heterocycles. The van der Waals surface area contributed by atoms with Crippen molar-refractivity contribution in [1.82, 2.24) is 20.1 Å². The lowest BCUT2D eigenvalue weighted by atomic mass is 9.90. The highest BCUT2D eigenvalue weighted by molar-refractivity contribution is 5.92.